The average molecular weight is 372 g/mol. The van der Waals surface area contributed by atoms with Gasteiger partial charge in [0.1, 0.15) is 12.0 Å². The molecule has 1 aliphatic rings. The third kappa shape index (κ3) is 3.30. The van der Waals surface area contributed by atoms with Crippen molar-refractivity contribution in [3.05, 3.63) is 53.9 Å². The number of fused-ring (bicyclic) bond motifs is 1. The van der Waals surface area contributed by atoms with Crippen molar-refractivity contribution in [3.8, 4) is 11.3 Å². The van der Waals surface area contributed by atoms with Crippen molar-refractivity contribution in [3.63, 3.8) is 0 Å². The Morgan fingerprint density at radius 2 is 2.04 bits per heavy atom. The van der Waals surface area contributed by atoms with E-state index < -0.39 is 10.0 Å². The number of hydrogen-bond donors (Lipinski definition) is 1. The highest BCUT2D eigenvalue weighted by Crippen LogP contribution is 2.22. The van der Waals surface area contributed by atoms with E-state index >= 15 is 0 Å². The van der Waals surface area contributed by atoms with E-state index in [1.165, 1.54) is 0 Å². The van der Waals surface area contributed by atoms with Crippen LogP contribution in [0.4, 0.5) is 0 Å². The molecule has 3 aromatic rings. The van der Waals surface area contributed by atoms with E-state index in [0.717, 1.165) is 42.6 Å². The Kier molecular flexibility index (Phi) is 4.37. The molecule has 0 saturated carbocycles. The normalized spacial score (nSPS) is 14.3. The standard InChI is InChI=1S/C18H20N4O3S/c1-13-21-17(12-25-13)14-5-7-16(8-6-14)26(23,24)20-11-15-10-19-22-9-3-2-4-18(15)22/h5-8,10,12,20H,2-4,9,11H2,1H3. The monoisotopic (exact) mass is 372 g/mol. The van der Waals surface area contributed by atoms with Crippen molar-refractivity contribution in [2.24, 2.45) is 0 Å². The molecular formula is C18H20N4O3S. The molecule has 0 aliphatic carbocycles. The summed E-state index contributed by atoms with van der Waals surface area (Å²) in [6.45, 7) is 2.93. The van der Waals surface area contributed by atoms with Gasteiger partial charge in [0.15, 0.2) is 5.89 Å². The first-order valence-electron chi connectivity index (χ1n) is 8.59. The maximum absolute atomic E-state index is 12.6. The first kappa shape index (κ1) is 17.0. The predicted octanol–water partition coefficient (Wildman–Crippen LogP) is 2.66. The fourth-order valence-electron chi connectivity index (χ4n) is 3.19. The second-order valence-electron chi connectivity index (χ2n) is 6.40. The molecule has 0 spiro atoms. The molecule has 0 bridgehead atoms. The van der Waals surface area contributed by atoms with Crippen LogP contribution >= 0.6 is 0 Å². The molecule has 1 N–H and O–H groups in total. The second-order valence-corrected chi connectivity index (χ2v) is 8.16. The quantitative estimate of drug-likeness (QED) is 0.744. The molecule has 7 nitrogen and oxygen atoms in total. The average Bonchev–Trinajstić information content (AvgIpc) is 3.26. The first-order valence-corrected chi connectivity index (χ1v) is 10.1. The summed E-state index contributed by atoms with van der Waals surface area (Å²) in [7, 11) is -3.59. The van der Waals surface area contributed by atoms with Gasteiger partial charge in [0.25, 0.3) is 0 Å². The van der Waals surface area contributed by atoms with Crippen LogP contribution in [0.5, 0.6) is 0 Å². The molecule has 8 heteroatoms. The summed E-state index contributed by atoms with van der Waals surface area (Å²) in [5.74, 6) is 0.572. The number of aromatic nitrogens is 3. The Labute approximate surface area is 152 Å². The van der Waals surface area contributed by atoms with Crippen LogP contribution in [0.25, 0.3) is 11.3 Å². The van der Waals surface area contributed by atoms with E-state index in [0.29, 0.717) is 11.6 Å². The van der Waals surface area contributed by atoms with Crippen LogP contribution in [-0.4, -0.2) is 23.2 Å². The number of benzene rings is 1. The number of aryl methyl sites for hydroxylation is 2. The fourth-order valence-corrected chi connectivity index (χ4v) is 4.20. The van der Waals surface area contributed by atoms with Crippen LogP contribution in [0.15, 0.2) is 46.0 Å². The number of sulfonamides is 1. The molecule has 0 fully saturated rings. The molecule has 1 aliphatic heterocycles. The largest absolute Gasteiger partial charge is 0.449 e. The molecule has 0 saturated heterocycles. The van der Waals surface area contributed by atoms with Crippen LogP contribution in [0, 0.1) is 6.92 Å². The maximum atomic E-state index is 12.6. The van der Waals surface area contributed by atoms with Crippen LogP contribution in [-0.2, 0) is 29.5 Å². The fraction of sp³-hybridized carbons (Fsp3) is 0.333. The van der Waals surface area contributed by atoms with Gasteiger partial charge in [0.05, 0.1) is 11.1 Å². The first-order chi connectivity index (χ1) is 12.5. The SMILES string of the molecule is Cc1nc(-c2ccc(S(=O)(=O)NCc3cnn4c3CCCC4)cc2)co1. The van der Waals surface area contributed by atoms with Gasteiger partial charge in [-0.2, -0.15) is 5.10 Å². The van der Waals surface area contributed by atoms with Gasteiger partial charge in [-0.3, -0.25) is 4.68 Å². The van der Waals surface area contributed by atoms with Crippen molar-refractivity contribution in [1.29, 1.82) is 0 Å². The Bertz CT molecular complexity index is 1020. The molecule has 1 aromatic carbocycles. The van der Waals surface area contributed by atoms with E-state index in [1.54, 1.807) is 43.6 Å². The van der Waals surface area contributed by atoms with Gasteiger partial charge in [-0.25, -0.2) is 18.1 Å². The summed E-state index contributed by atoms with van der Waals surface area (Å²) in [4.78, 5) is 4.47. The van der Waals surface area contributed by atoms with Gasteiger partial charge in [0, 0.05) is 36.8 Å². The van der Waals surface area contributed by atoms with Gasteiger partial charge in [0.2, 0.25) is 10.0 Å². The number of hydrogen-bond acceptors (Lipinski definition) is 5. The molecule has 0 unspecified atom stereocenters. The van der Waals surface area contributed by atoms with Crippen molar-refractivity contribution >= 4 is 10.0 Å². The minimum Gasteiger partial charge on any atom is -0.449 e. The molecule has 136 valence electrons. The Morgan fingerprint density at radius 3 is 2.77 bits per heavy atom. The third-order valence-corrected chi connectivity index (χ3v) is 6.02. The molecule has 2 aromatic heterocycles. The molecule has 4 rings (SSSR count). The zero-order valence-corrected chi connectivity index (χ0v) is 15.3. The zero-order valence-electron chi connectivity index (χ0n) is 14.5. The number of nitrogens with one attached hydrogen (secondary N) is 1. The Balaban J connectivity index is 1.49. The molecule has 3 heterocycles. The zero-order chi connectivity index (χ0) is 18.1. The van der Waals surface area contributed by atoms with E-state index in [-0.39, 0.29) is 11.4 Å². The third-order valence-electron chi connectivity index (χ3n) is 4.60. The lowest BCUT2D eigenvalue weighted by molar-refractivity contribution is 0.484. The molecule has 0 atom stereocenters. The maximum Gasteiger partial charge on any atom is 0.240 e. The number of rotatable bonds is 5. The second kappa shape index (κ2) is 6.69. The van der Waals surface area contributed by atoms with E-state index in [4.69, 9.17) is 4.42 Å². The molecule has 26 heavy (non-hydrogen) atoms. The van der Waals surface area contributed by atoms with Crippen molar-refractivity contribution in [1.82, 2.24) is 19.5 Å². The minimum atomic E-state index is -3.59. The van der Waals surface area contributed by atoms with Crippen molar-refractivity contribution in [2.75, 3.05) is 0 Å². The van der Waals surface area contributed by atoms with Gasteiger partial charge in [-0.1, -0.05) is 12.1 Å². The molecule has 0 amide bonds. The topological polar surface area (TPSA) is 90.0 Å². The summed E-state index contributed by atoms with van der Waals surface area (Å²) in [6.07, 6.45) is 6.51. The highest BCUT2D eigenvalue weighted by Gasteiger charge is 2.18. The van der Waals surface area contributed by atoms with Gasteiger partial charge in [-0.05, 0) is 31.4 Å². The van der Waals surface area contributed by atoms with Crippen LogP contribution in [0.1, 0.15) is 30.0 Å². The van der Waals surface area contributed by atoms with Crippen LogP contribution in [0.2, 0.25) is 0 Å². The molecule has 0 radical (unpaired) electrons. The minimum absolute atomic E-state index is 0.225. The van der Waals surface area contributed by atoms with Crippen LogP contribution in [0.3, 0.4) is 0 Å². The van der Waals surface area contributed by atoms with E-state index in [9.17, 15) is 8.42 Å². The smallest absolute Gasteiger partial charge is 0.240 e. The lowest BCUT2D eigenvalue weighted by Crippen LogP contribution is -2.24. The highest BCUT2D eigenvalue weighted by molar-refractivity contribution is 7.89. The van der Waals surface area contributed by atoms with E-state index in [1.807, 2.05) is 4.68 Å². The molecular weight excluding hydrogens is 352 g/mol. The summed E-state index contributed by atoms with van der Waals surface area (Å²) in [5.41, 5.74) is 3.58. The van der Waals surface area contributed by atoms with Gasteiger partial charge in [-0.15, -0.1) is 0 Å². The van der Waals surface area contributed by atoms with Gasteiger partial charge < -0.3 is 4.42 Å². The predicted molar refractivity (Wildman–Crippen MR) is 95.9 cm³/mol. The van der Waals surface area contributed by atoms with Gasteiger partial charge >= 0.3 is 0 Å². The lowest BCUT2D eigenvalue weighted by Gasteiger charge is -2.15. The van der Waals surface area contributed by atoms with Crippen LogP contribution < -0.4 is 4.72 Å². The Morgan fingerprint density at radius 1 is 1.23 bits per heavy atom. The van der Waals surface area contributed by atoms with Crippen molar-refractivity contribution < 1.29 is 12.8 Å². The highest BCUT2D eigenvalue weighted by atomic mass is 32.2. The number of nitrogens with zero attached hydrogens (tertiary/aromatic N) is 3. The number of oxazole rings is 1. The summed E-state index contributed by atoms with van der Waals surface area (Å²) >= 11 is 0. The summed E-state index contributed by atoms with van der Waals surface area (Å²) in [5, 5.41) is 4.34. The lowest BCUT2D eigenvalue weighted by atomic mass is 10.1. The summed E-state index contributed by atoms with van der Waals surface area (Å²) in [6, 6.07) is 6.62. The van der Waals surface area contributed by atoms with Crippen molar-refractivity contribution in [2.45, 2.75) is 44.2 Å². The van der Waals surface area contributed by atoms with E-state index in [2.05, 4.69) is 14.8 Å². The summed E-state index contributed by atoms with van der Waals surface area (Å²) < 4.78 is 35.0. The Hall–Kier alpha value is -2.45.